The molecule has 122 valence electrons. The van der Waals surface area contributed by atoms with Gasteiger partial charge in [0.05, 0.1) is 12.0 Å². The van der Waals surface area contributed by atoms with Gasteiger partial charge in [-0.1, -0.05) is 12.8 Å². The molecule has 1 aromatic heterocycles. The largest absolute Gasteiger partial charge is 0.390 e. The highest BCUT2D eigenvalue weighted by molar-refractivity contribution is 5.79. The number of nitrogens with zero attached hydrogens (tertiary/aromatic N) is 3. The molecule has 3 atom stereocenters. The normalized spacial score (nSPS) is 32.4. The van der Waals surface area contributed by atoms with Crippen LogP contribution in [-0.2, 0) is 18.3 Å². The monoisotopic (exact) mass is 305 g/mol. The second-order valence-corrected chi connectivity index (χ2v) is 7.13. The van der Waals surface area contributed by atoms with Crippen LogP contribution in [0.5, 0.6) is 0 Å². The first-order valence-corrected chi connectivity index (χ1v) is 8.48. The van der Waals surface area contributed by atoms with Crippen molar-refractivity contribution in [3.63, 3.8) is 0 Å². The average molecular weight is 305 g/mol. The van der Waals surface area contributed by atoms with Crippen molar-refractivity contribution in [3.05, 3.63) is 18.0 Å². The molecular formula is C17H27N3O2. The Kier molecular flexibility index (Phi) is 4.26. The zero-order chi connectivity index (χ0) is 15.7. The van der Waals surface area contributed by atoms with Crippen LogP contribution in [0.4, 0.5) is 0 Å². The first-order valence-electron chi connectivity index (χ1n) is 8.48. The highest BCUT2D eigenvalue weighted by atomic mass is 16.3. The van der Waals surface area contributed by atoms with Gasteiger partial charge in [-0.25, -0.2) is 0 Å². The maximum Gasteiger partial charge on any atom is 0.228 e. The van der Waals surface area contributed by atoms with Crippen LogP contribution in [-0.4, -0.2) is 43.9 Å². The van der Waals surface area contributed by atoms with Crippen LogP contribution in [0.25, 0.3) is 0 Å². The summed E-state index contributed by atoms with van der Waals surface area (Å²) >= 11 is 0. The van der Waals surface area contributed by atoms with Crippen molar-refractivity contribution in [2.24, 2.45) is 13.0 Å². The van der Waals surface area contributed by atoms with E-state index >= 15 is 0 Å². The number of carbonyl (C=O) groups is 1. The molecular weight excluding hydrogens is 278 g/mol. The Morgan fingerprint density at radius 2 is 2.23 bits per heavy atom. The molecule has 1 amide bonds. The Morgan fingerprint density at radius 1 is 1.41 bits per heavy atom. The summed E-state index contributed by atoms with van der Waals surface area (Å²) in [6.07, 6.45) is 8.37. The van der Waals surface area contributed by atoms with Crippen molar-refractivity contribution >= 4 is 5.91 Å². The Bertz CT molecular complexity index is 538. The molecule has 0 radical (unpaired) electrons. The van der Waals surface area contributed by atoms with Gasteiger partial charge in [-0.15, -0.1) is 0 Å². The topological polar surface area (TPSA) is 58.4 Å². The molecule has 2 heterocycles. The highest BCUT2D eigenvalue weighted by Crippen LogP contribution is 2.40. The minimum atomic E-state index is -0.627. The predicted octanol–water partition coefficient (Wildman–Crippen LogP) is 1.89. The molecule has 0 spiro atoms. The van der Waals surface area contributed by atoms with E-state index in [9.17, 15) is 9.90 Å². The zero-order valence-electron chi connectivity index (χ0n) is 13.7. The van der Waals surface area contributed by atoms with Crippen molar-refractivity contribution in [3.8, 4) is 0 Å². The van der Waals surface area contributed by atoms with Crippen LogP contribution < -0.4 is 0 Å². The lowest BCUT2D eigenvalue weighted by Gasteiger charge is -2.43. The van der Waals surface area contributed by atoms with Crippen LogP contribution in [0.2, 0.25) is 0 Å². The number of aliphatic hydroxyl groups is 1. The van der Waals surface area contributed by atoms with Crippen LogP contribution in [0.1, 0.15) is 51.1 Å². The van der Waals surface area contributed by atoms with E-state index in [1.807, 2.05) is 24.9 Å². The highest BCUT2D eigenvalue weighted by Gasteiger charge is 2.44. The van der Waals surface area contributed by atoms with Crippen molar-refractivity contribution in [2.45, 2.75) is 63.5 Å². The van der Waals surface area contributed by atoms with E-state index in [1.54, 1.807) is 10.9 Å². The van der Waals surface area contributed by atoms with E-state index in [-0.39, 0.29) is 17.9 Å². The summed E-state index contributed by atoms with van der Waals surface area (Å²) in [6, 6.07) is 2.11. The number of aromatic nitrogens is 2. The fourth-order valence-electron chi connectivity index (χ4n) is 4.30. The number of likely N-dealkylation sites (tertiary alicyclic amines) is 1. The SMILES string of the molecule is Cn1nccc1CC(=O)N1CCC[C@@H]1[C@H]1CCCC[C@]1(C)O. The van der Waals surface area contributed by atoms with E-state index in [0.29, 0.717) is 6.42 Å². The third kappa shape index (κ3) is 2.91. The van der Waals surface area contributed by atoms with Crippen LogP contribution in [0.3, 0.4) is 0 Å². The summed E-state index contributed by atoms with van der Waals surface area (Å²) in [4.78, 5) is 14.8. The first-order chi connectivity index (χ1) is 10.5. The lowest BCUT2D eigenvalue weighted by atomic mass is 9.72. The molecule has 5 nitrogen and oxygen atoms in total. The molecule has 3 rings (SSSR count). The van der Waals surface area contributed by atoms with Gasteiger partial charge in [0, 0.05) is 37.4 Å². The molecule has 22 heavy (non-hydrogen) atoms. The minimum Gasteiger partial charge on any atom is -0.390 e. The van der Waals surface area contributed by atoms with Gasteiger partial charge in [-0.05, 0) is 38.7 Å². The summed E-state index contributed by atoms with van der Waals surface area (Å²) in [5.41, 5.74) is 0.323. The number of rotatable bonds is 3. The van der Waals surface area contributed by atoms with E-state index < -0.39 is 5.60 Å². The molecule has 5 heteroatoms. The van der Waals surface area contributed by atoms with Gasteiger partial charge in [0.15, 0.2) is 0 Å². The maximum absolute atomic E-state index is 12.7. The molecule has 1 saturated carbocycles. The number of amides is 1. The fourth-order valence-corrected chi connectivity index (χ4v) is 4.30. The van der Waals surface area contributed by atoms with Gasteiger partial charge in [0.1, 0.15) is 0 Å². The van der Waals surface area contributed by atoms with Crippen LogP contribution in [0, 0.1) is 5.92 Å². The first kappa shape index (κ1) is 15.5. The lowest BCUT2D eigenvalue weighted by molar-refractivity contribution is -0.136. The van der Waals surface area contributed by atoms with Crippen molar-refractivity contribution in [1.82, 2.24) is 14.7 Å². The Morgan fingerprint density at radius 3 is 2.91 bits per heavy atom. The van der Waals surface area contributed by atoms with Crippen LogP contribution >= 0.6 is 0 Å². The van der Waals surface area contributed by atoms with Crippen molar-refractivity contribution in [2.75, 3.05) is 6.54 Å². The number of carbonyl (C=O) groups excluding carboxylic acids is 1. The Hall–Kier alpha value is -1.36. The summed E-state index contributed by atoms with van der Waals surface area (Å²) in [6.45, 7) is 2.78. The Balaban J connectivity index is 1.72. The Labute approximate surface area is 132 Å². The van der Waals surface area contributed by atoms with E-state index in [4.69, 9.17) is 0 Å². The summed E-state index contributed by atoms with van der Waals surface area (Å²) in [5.74, 6) is 0.395. The van der Waals surface area contributed by atoms with E-state index in [2.05, 4.69) is 5.10 Å². The molecule has 1 aromatic rings. The second kappa shape index (κ2) is 6.03. The van der Waals surface area contributed by atoms with Gasteiger partial charge in [0.25, 0.3) is 0 Å². The minimum absolute atomic E-state index is 0.174. The third-order valence-electron chi connectivity index (χ3n) is 5.59. The molecule has 0 aromatic carbocycles. The van der Waals surface area contributed by atoms with Gasteiger partial charge in [-0.3, -0.25) is 9.48 Å². The molecule has 2 aliphatic rings. The summed E-state index contributed by atoms with van der Waals surface area (Å²) in [5, 5.41) is 14.9. The summed E-state index contributed by atoms with van der Waals surface area (Å²) < 4.78 is 1.76. The van der Waals surface area contributed by atoms with Gasteiger partial charge >= 0.3 is 0 Å². The lowest BCUT2D eigenvalue weighted by Crippen LogP contribution is -2.50. The maximum atomic E-state index is 12.7. The molecule has 0 unspecified atom stereocenters. The molecule has 0 bridgehead atoms. The fraction of sp³-hybridized carbons (Fsp3) is 0.765. The van der Waals surface area contributed by atoms with Crippen LogP contribution in [0.15, 0.2) is 12.3 Å². The van der Waals surface area contributed by atoms with Gasteiger partial charge < -0.3 is 10.0 Å². The predicted molar refractivity (Wildman–Crippen MR) is 84.2 cm³/mol. The average Bonchev–Trinajstić information content (AvgIpc) is 3.08. The summed E-state index contributed by atoms with van der Waals surface area (Å²) in [7, 11) is 1.87. The molecule has 1 aliphatic carbocycles. The van der Waals surface area contributed by atoms with E-state index in [1.165, 1.54) is 6.42 Å². The quantitative estimate of drug-likeness (QED) is 0.928. The standard InChI is InChI=1S/C17H27N3O2/c1-17(22)9-4-3-6-14(17)15-7-5-11-20(15)16(21)12-13-8-10-18-19(13)2/h8,10,14-15,22H,3-7,9,11-12H2,1-2H3/t14-,15-,17+/m1/s1. The smallest absolute Gasteiger partial charge is 0.228 e. The molecule has 1 N–H and O–H groups in total. The molecule has 1 aliphatic heterocycles. The van der Waals surface area contributed by atoms with E-state index in [0.717, 1.165) is 44.3 Å². The van der Waals surface area contributed by atoms with Crippen molar-refractivity contribution < 1.29 is 9.90 Å². The molecule has 1 saturated heterocycles. The third-order valence-corrected chi connectivity index (χ3v) is 5.59. The molecule has 2 fully saturated rings. The number of hydrogen-bond acceptors (Lipinski definition) is 3. The number of aryl methyl sites for hydroxylation is 1. The van der Waals surface area contributed by atoms with Gasteiger partial charge in [0.2, 0.25) is 5.91 Å². The van der Waals surface area contributed by atoms with Gasteiger partial charge in [-0.2, -0.15) is 5.10 Å². The second-order valence-electron chi connectivity index (χ2n) is 7.13. The zero-order valence-corrected chi connectivity index (χ0v) is 13.7. The number of hydrogen-bond donors (Lipinski definition) is 1. The van der Waals surface area contributed by atoms with Crippen molar-refractivity contribution in [1.29, 1.82) is 0 Å².